The van der Waals surface area contributed by atoms with Crippen molar-refractivity contribution in [3.8, 4) is 0 Å². The Morgan fingerprint density at radius 3 is 2.43 bits per heavy atom. The molecule has 6 heteroatoms. The molecule has 0 N–H and O–H groups in total. The first-order chi connectivity index (χ1) is 9.97. The Hall–Kier alpha value is -1.42. The van der Waals surface area contributed by atoms with Gasteiger partial charge in [-0.2, -0.15) is 0 Å². The number of benzene rings is 1. The van der Waals surface area contributed by atoms with Gasteiger partial charge in [-0.3, -0.25) is 4.57 Å². The average molecular weight is 310 g/mol. The van der Waals surface area contributed by atoms with Crippen molar-refractivity contribution >= 4 is 18.6 Å². The van der Waals surface area contributed by atoms with E-state index in [1.54, 1.807) is 19.9 Å². The summed E-state index contributed by atoms with van der Waals surface area (Å²) in [5.74, 6) is 0. The van der Waals surface area contributed by atoms with Crippen LogP contribution in [0.4, 0.5) is 0 Å². The van der Waals surface area contributed by atoms with Crippen LogP contribution in [0.2, 0.25) is 0 Å². The molecule has 2 aromatic rings. The van der Waals surface area contributed by atoms with Crippen LogP contribution in [-0.2, 0) is 19.8 Å². The molecule has 0 atom stereocenters. The van der Waals surface area contributed by atoms with Gasteiger partial charge in [0, 0.05) is 11.5 Å². The first kappa shape index (κ1) is 16.0. The average Bonchev–Trinajstić information content (AvgIpc) is 2.40. The summed E-state index contributed by atoms with van der Waals surface area (Å²) in [6.45, 7) is 6.03. The predicted octanol–water partition coefficient (Wildman–Crippen LogP) is 3.87. The van der Waals surface area contributed by atoms with Crippen molar-refractivity contribution < 1.29 is 18.0 Å². The normalized spacial score (nSPS) is 12.0. The summed E-state index contributed by atoms with van der Waals surface area (Å²) in [4.78, 5) is 11.7. The highest BCUT2D eigenvalue weighted by Gasteiger charge is 2.25. The van der Waals surface area contributed by atoms with Crippen LogP contribution in [0.15, 0.2) is 33.5 Å². The van der Waals surface area contributed by atoms with Crippen molar-refractivity contribution in [1.82, 2.24) is 0 Å². The summed E-state index contributed by atoms with van der Waals surface area (Å²) in [5, 5.41) is 0.759. The molecule has 0 radical (unpaired) electrons. The topological polar surface area (TPSA) is 65.7 Å². The zero-order valence-corrected chi connectivity index (χ0v) is 13.3. The standard InChI is InChI=1S/C15H19O5P/c1-4-18-21(17,19-5-2)10-12-9-15(16)20-14-7-6-11(3)8-13(12)14/h6-9H,4-5,10H2,1-3H3. The van der Waals surface area contributed by atoms with Crippen LogP contribution < -0.4 is 5.63 Å². The molecule has 21 heavy (non-hydrogen) atoms. The van der Waals surface area contributed by atoms with Gasteiger partial charge in [0.2, 0.25) is 0 Å². The molecule has 0 bridgehead atoms. The second-order valence-corrected chi connectivity index (χ2v) is 6.75. The third kappa shape index (κ3) is 3.82. The zero-order chi connectivity index (χ0) is 15.5. The van der Waals surface area contributed by atoms with E-state index in [-0.39, 0.29) is 19.4 Å². The lowest BCUT2D eigenvalue weighted by Crippen LogP contribution is -2.04. The first-order valence-corrected chi connectivity index (χ1v) is 8.61. The van der Waals surface area contributed by atoms with Gasteiger partial charge in [-0.25, -0.2) is 4.79 Å². The molecule has 114 valence electrons. The van der Waals surface area contributed by atoms with E-state index in [9.17, 15) is 9.36 Å². The van der Waals surface area contributed by atoms with E-state index < -0.39 is 13.2 Å². The number of hydrogen-bond donors (Lipinski definition) is 0. The molecule has 0 saturated carbocycles. The van der Waals surface area contributed by atoms with E-state index in [2.05, 4.69) is 0 Å². The van der Waals surface area contributed by atoms with E-state index >= 15 is 0 Å². The Bertz CT molecular complexity index is 724. The fourth-order valence-corrected chi connectivity index (χ4v) is 3.93. The van der Waals surface area contributed by atoms with Gasteiger partial charge in [-0.1, -0.05) is 11.6 Å². The number of fused-ring (bicyclic) bond motifs is 1. The minimum atomic E-state index is -3.26. The van der Waals surface area contributed by atoms with Gasteiger partial charge in [0.25, 0.3) is 0 Å². The number of aryl methyl sites for hydroxylation is 1. The summed E-state index contributed by atoms with van der Waals surface area (Å²) in [6.07, 6.45) is 0.0558. The van der Waals surface area contributed by atoms with E-state index in [4.69, 9.17) is 13.5 Å². The maximum absolute atomic E-state index is 12.6. The molecular formula is C15H19O5P. The second kappa shape index (κ2) is 6.56. The lowest BCUT2D eigenvalue weighted by atomic mass is 10.1. The van der Waals surface area contributed by atoms with Gasteiger partial charge in [0.05, 0.1) is 19.4 Å². The molecule has 1 aromatic heterocycles. The summed E-state index contributed by atoms with van der Waals surface area (Å²) < 4.78 is 28.4. The SMILES string of the molecule is CCOP(=O)(Cc1cc(=O)oc2ccc(C)cc12)OCC. The smallest absolute Gasteiger partial charge is 0.336 e. The number of rotatable bonds is 6. The fourth-order valence-electron chi connectivity index (χ4n) is 2.20. The summed E-state index contributed by atoms with van der Waals surface area (Å²) in [6, 6.07) is 6.85. The summed E-state index contributed by atoms with van der Waals surface area (Å²) >= 11 is 0. The van der Waals surface area contributed by atoms with Crippen molar-refractivity contribution in [2.75, 3.05) is 13.2 Å². The van der Waals surface area contributed by atoms with Crippen molar-refractivity contribution in [2.45, 2.75) is 26.9 Å². The van der Waals surface area contributed by atoms with Crippen LogP contribution in [0.25, 0.3) is 11.0 Å². The van der Waals surface area contributed by atoms with Crippen LogP contribution >= 0.6 is 7.60 Å². The Labute approximate surface area is 123 Å². The molecule has 1 aromatic carbocycles. The van der Waals surface area contributed by atoms with E-state index in [0.717, 1.165) is 10.9 Å². The molecule has 0 aliphatic rings. The Balaban J connectivity index is 2.52. The lowest BCUT2D eigenvalue weighted by Gasteiger charge is -2.17. The molecular weight excluding hydrogens is 291 g/mol. The van der Waals surface area contributed by atoms with E-state index in [1.165, 1.54) is 6.07 Å². The molecule has 2 rings (SSSR count). The summed E-state index contributed by atoms with van der Waals surface area (Å²) in [7, 11) is -3.26. The Morgan fingerprint density at radius 1 is 1.14 bits per heavy atom. The maximum Gasteiger partial charge on any atom is 0.336 e. The maximum atomic E-state index is 12.6. The molecule has 0 fully saturated rings. The minimum absolute atomic E-state index is 0.0558. The fraction of sp³-hybridized carbons (Fsp3) is 0.400. The molecule has 0 amide bonds. The highest BCUT2D eigenvalue weighted by Crippen LogP contribution is 2.51. The van der Waals surface area contributed by atoms with Crippen molar-refractivity contribution in [2.24, 2.45) is 0 Å². The molecule has 0 spiro atoms. The molecule has 1 heterocycles. The first-order valence-electron chi connectivity index (χ1n) is 6.89. The van der Waals surface area contributed by atoms with Gasteiger partial charge < -0.3 is 13.5 Å². The van der Waals surface area contributed by atoms with Gasteiger partial charge in [-0.15, -0.1) is 0 Å². The van der Waals surface area contributed by atoms with Crippen LogP contribution in [-0.4, -0.2) is 13.2 Å². The van der Waals surface area contributed by atoms with Crippen molar-refractivity contribution in [3.63, 3.8) is 0 Å². The van der Waals surface area contributed by atoms with Gasteiger partial charge in [0.1, 0.15) is 5.58 Å². The van der Waals surface area contributed by atoms with Crippen molar-refractivity contribution in [1.29, 1.82) is 0 Å². The second-order valence-electron chi connectivity index (χ2n) is 4.69. The van der Waals surface area contributed by atoms with Crippen molar-refractivity contribution in [3.05, 3.63) is 45.8 Å². The van der Waals surface area contributed by atoms with E-state index in [1.807, 2.05) is 19.1 Å². The largest absolute Gasteiger partial charge is 0.423 e. The lowest BCUT2D eigenvalue weighted by molar-refractivity contribution is 0.219. The highest BCUT2D eigenvalue weighted by atomic mass is 31.2. The predicted molar refractivity (Wildman–Crippen MR) is 81.8 cm³/mol. The van der Waals surface area contributed by atoms with Gasteiger partial charge in [0.15, 0.2) is 0 Å². The van der Waals surface area contributed by atoms with Gasteiger partial charge >= 0.3 is 13.2 Å². The number of hydrogen-bond acceptors (Lipinski definition) is 5. The molecule has 5 nitrogen and oxygen atoms in total. The molecule has 0 aliphatic carbocycles. The summed E-state index contributed by atoms with van der Waals surface area (Å²) in [5.41, 5.74) is 1.65. The third-order valence-corrected chi connectivity index (χ3v) is 5.03. The molecule has 0 unspecified atom stereocenters. The quantitative estimate of drug-likeness (QED) is 0.598. The Morgan fingerprint density at radius 2 is 1.81 bits per heavy atom. The van der Waals surface area contributed by atoms with Crippen LogP contribution in [0, 0.1) is 6.92 Å². The van der Waals surface area contributed by atoms with Crippen LogP contribution in [0.5, 0.6) is 0 Å². The van der Waals surface area contributed by atoms with Crippen LogP contribution in [0.3, 0.4) is 0 Å². The van der Waals surface area contributed by atoms with Gasteiger partial charge in [-0.05, 0) is 38.5 Å². The monoisotopic (exact) mass is 310 g/mol. The minimum Gasteiger partial charge on any atom is -0.423 e. The van der Waals surface area contributed by atoms with Crippen LogP contribution in [0.1, 0.15) is 25.0 Å². The molecule has 0 aliphatic heterocycles. The zero-order valence-electron chi connectivity index (χ0n) is 12.4. The molecule has 0 saturated heterocycles. The third-order valence-electron chi connectivity index (χ3n) is 3.00. The Kier molecular flexibility index (Phi) is 4.99. The van der Waals surface area contributed by atoms with E-state index in [0.29, 0.717) is 11.1 Å². The highest BCUT2D eigenvalue weighted by molar-refractivity contribution is 7.53.